The molecule has 1 fully saturated rings. The van der Waals surface area contributed by atoms with Crippen molar-refractivity contribution in [1.29, 1.82) is 0 Å². The third kappa shape index (κ3) is 2.61. The highest BCUT2D eigenvalue weighted by Gasteiger charge is 2.62. The van der Waals surface area contributed by atoms with Crippen molar-refractivity contribution in [1.82, 2.24) is 4.98 Å². The van der Waals surface area contributed by atoms with Gasteiger partial charge in [-0.15, -0.1) is 0 Å². The number of nitrogens with two attached hydrogens (primary N) is 1. The molecular weight excluding hydrogens is 369 g/mol. The van der Waals surface area contributed by atoms with Gasteiger partial charge in [0.25, 0.3) is 6.02 Å². The van der Waals surface area contributed by atoms with E-state index in [1.807, 2.05) is 6.07 Å². The topological polar surface area (TPSA) is 69.7 Å². The fourth-order valence-electron chi connectivity index (χ4n) is 5.95. The van der Waals surface area contributed by atoms with Gasteiger partial charge in [0.15, 0.2) is 0 Å². The van der Waals surface area contributed by atoms with Crippen molar-refractivity contribution in [2.45, 2.75) is 44.2 Å². The fourth-order valence-corrected chi connectivity index (χ4v) is 5.95. The number of aromatic nitrogens is 1. The molecule has 1 aromatic carbocycles. The van der Waals surface area contributed by atoms with Crippen LogP contribution in [0.15, 0.2) is 41.7 Å². The first-order chi connectivity index (χ1) is 14.0. The molecule has 2 N–H and O–H groups in total. The average molecular weight is 395 g/mol. The highest BCUT2D eigenvalue weighted by atomic mass is 19.1. The molecule has 2 heterocycles. The molecule has 3 aliphatic rings. The summed E-state index contributed by atoms with van der Waals surface area (Å²) in [6.07, 6.45) is 7.23. The number of halogens is 1. The second kappa shape index (κ2) is 6.52. The number of hydrogen-bond donors (Lipinski definition) is 1. The van der Waals surface area contributed by atoms with Crippen LogP contribution in [0.3, 0.4) is 0 Å². The molecule has 0 radical (unpaired) electrons. The molecule has 1 aromatic heterocycles. The van der Waals surface area contributed by atoms with Crippen molar-refractivity contribution in [2.24, 2.45) is 22.1 Å². The molecule has 5 nitrogen and oxygen atoms in total. The summed E-state index contributed by atoms with van der Waals surface area (Å²) < 4.78 is 25.9. The standard InChI is InChI=1S/C23H26FN3O2/c1-14-10-22(7-5-20(14)28-2)11-16-4-3-15(17-12-26-8-6-19(17)24)9-18(16)23(22)13-29-21(25)27-23/h3-4,6,8-9,12,14,20H,5,7,10-11,13H2,1-2H3,(H2,25,27)/t14-,20-,22-,23-/m0/s1. The number of ether oxygens (including phenoxy) is 2. The van der Waals surface area contributed by atoms with Gasteiger partial charge in [-0.2, -0.15) is 0 Å². The van der Waals surface area contributed by atoms with Gasteiger partial charge in [0.1, 0.15) is 18.0 Å². The summed E-state index contributed by atoms with van der Waals surface area (Å²) in [5.74, 6) is 0.147. The summed E-state index contributed by atoms with van der Waals surface area (Å²) >= 11 is 0. The van der Waals surface area contributed by atoms with Gasteiger partial charge in [-0.05, 0) is 60.4 Å². The minimum absolute atomic E-state index is 0.0585. The Morgan fingerprint density at radius 3 is 2.86 bits per heavy atom. The lowest BCUT2D eigenvalue weighted by atomic mass is 9.59. The van der Waals surface area contributed by atoms with Crippen molar-refractivity contribution >= 4 is 6.02 Å². The number of pyridine rings is 1. The van der Waals surface area contributed by atoms with Crippen molar-refractivity contribution < 1.29 is 13.9 Å². The van der Waals surface area contributed by atoms with Gasteiger partial charge in [0.2, 0.25) is 0 Å². The van der Waals surface area contributed by atoms with Gasteiger partial charge in [-0.25, -0.2) is 9.38 Å². The number of benzene rings is 1. The second-order valence-corrected chi connectivity index (χ2v) is 8.78. The number of fused-ring (bicyclic) bond motifs is 3. The first-order valence-electron chi connectivity index (χ1n) is 10.2. The molecule has 1 aliphatic heterocycles. The normalized spacial score (nSPS) is 33.0. The quantitative estimate of drug-likeness (QED) is 0.840. The van der Waals surface area contributed by atoms with Crippen LogP contribution in [0, 0.1) is 17.2 Å². The Morgan fingerprint density at radius 1 is 1.31 bits per heavy atom. The van der Waals surface area contributed by atoms with Crippen molar-refractivity contribution in [2.75, 3.05) is 13.7 Å². The van der Waals surface area contributed by atoms with E-state index < -0.39 is 5.54 Å². The molecule has 29 heavy (non-hydrogen) atoms. The van der Waals surface area contributed by atoms with Crippen LogP contribution in [-0.4, -0.2) is 30.8 Å². The van der Waals surface area contributed by atoms with Crippen LogP contribution in [0.25, 0.3) is 11.1 Å². The Balaban J connectivity index is 1.63. The smallest absolute Gasteiger partial charge is 0.283 e. The molecule has 4 atom stereocenters. The van der Waals surface area contributed by atoms with E-state index in [1.165, 1.54) is 17.8 Å². The van der Waals surface area contributed by atoms with Crippen molar-refractivity contribution in [3.63, 3.8) is 0 Å². The Hall–Kier alpha value is -2.47. The Bertz CT molecular complexity index is 994. The fraction of sp³-hybridized carbons (Fsp3) is 0.478. The molecule has 6 heteroatoms. The van der Waals surface area contributed by atoms with Crippen LogP contribution >= 0.6 is 0 Å². The van der Waals surface area contributed by atoms with E-state index in [2.05, 4.69) is 24.0 Å². The van der Waals surface area contributed by atoms with Crippen LogP contribution in [0.1, 0.15) is 37.3 Å². The number of amidine groups is 1. The Morgan fingerprint density at radius 2 is 2.17 bits per heavy atom. The zero-order valence-corrected chi connectivity index (χ0v) is 16.8. The van der Waals surface area contributed by atoms with E-state index >= 15 is 0 Å². The molecule has 0 unspecified atom stereocenters. The van der Waals surface area contributed by atoms with Gasteiger partial charge in [-0.3, -0.25) is 4.98 Å². The van der Waals surface area contributed by atoms with Gasteiger partial charge < -0.3 is 15.2 Å². The van der Waals surface area contributed by atoms with Crippen molar-refractivity contribution in [3.05, 3.63) is 53.6 Å². The number of nitrogens with zero attached hydrogens (tertiary/aromatic N) is 2. The summed E-state index contributed by atoms with van der Waals surface area (Å²) in [7, 11) is 1.79. The maximum atomic E-state index is 14.4. The largest absolute Gasteiger partial charge is 0.462 e. The van der Waals surface area contributed by atoms with E-state index in [0.29, 0.717) is 18.1 Å². The maximum Gasteiger partial charge on any atom is 0.283 e. The van der Waals surface area contributed by atoms with Gasteiger partial charge >= 0.3 is 0 Å². The molecule has 0 saturated heterocycles. The minimum Gasteiger partial charge on any atom is -0.462 e. The lowest BCUT2D eigenvalue weighted by molar-refractivity contribution is -0.0445. The summed E-state index contributed by atoms with van der Waals surface area (Å²) in [6, 6.07) is 7.81. The maximum absolute atomic E-state index is 14.4. The number of methoxy groups -OCH3 is 1. The van der Waals surface area contributed by atoms with E-state index in [0.717, 1.165) is 36.8 Å². The lowest BCUT2D eigenvalue weighted by Crippen LogP contribution is -2.48. The molecule has 1 saturated carbocycles. The van der Waals surface area contributed by atoms with Crippen LogP contribution in [0.2, 0.25) is 0 Å². The molecular formula is C23H26FN3O2. The van der Waals surface area contributed by atoms with Crippen LogP contribution in [0.5, 0.6) is 0 Å². The van der Waals surface area contributed by atoms with Crippen LogP contribution in [0.4, 0.5) is 4.39 Å². The van der Waals surface area contributed by atoms with Crippen molar-refractivity contribution in [3.8, 4) is 11.1 Å². The summed E-state index contributed by atoms with van der Waals surface area (Å²) in [5.41, 5.74) is 9.13. The monoisotopic (exact) mass is 395 g/mol. The molecule has 0 amide bonds. The first-order valence-corrected chi connectivity index (χ1v) is 10.2. The number of rotatable bonds is 2. The van der Waals surface area contributed by atoms with Gasteiger partial charge in [0.05, 0.1) is 6.10 Å². The van der Waals surface area contributed by atoms with Gasteiger partial charge in [-0.1, -0.05) is 19.1 Å². The minimum atomic E-state index is -0.520. The third-order valence-electron chi connectivity index (χ3n) is 7.33. The molecule has 2 aromatic rings. The predicted molar refractivity (Wildman–Crippen MR) is 109 cm³/mol. The van der Waals surface area contributed by atoms with E-state index in [9.17, 15) is 4.39 Å². The molecule has 2 aliphatic carbocycles. The average Bonchev–Trinajstić information content (AvgIpc) is 3.22. The molecule has 5 rings (SSSR count). The number of hydrogen-bond acceptors (Lipinski definition) is 5. The van der Waals surface area contributed by atoms with Crippen LogP contribution < -0.4 is 5.73 Å². The number of aliphatic imine (C=N–C) groups is 1. The summed E-state index contributed by atoms with van der Waals surface area (Å²) in [5, 5.41) is 0. The molecule has 0 bridgehead atoms. The second-order valence-electron chi connectivity index (χ2n) is 8.78. The third-order valence-corrected chi connectivity index (χ3v) is 7.33. The van der Waals surface area contributed by atoms with Crippen LogP contribution in [-0.2, 0) is 21.4 Å². The molecule has 152 valence electrons. The zero-order valence-electron chi connectivity index (χ0n) is 16.8. The summed E-state index contributed by atoms with van der Waals surface area (Å²) in [4.78, 5) is 9.00. The van der Waals surface area contributed by atoms with E-state index in [-0.39, 0.29) is 23.4 Å². The molecule has 2 spiro atoms. The highest BCUT2D eigenvalue weighted by Crippen LogP contribution is 2.62. The summed E-state index contributed by atoms with van der Waals surface area (Å²) in [6.45, 7) is 2.69. The Labute approximate surface area is 170 Å². The van der Waals surface area contributed by atoms with Gasteiger partial charge in [0, 0.05) is 30.5 Å². The Kier molecular flexibility index (Phi) is 4.17. The lowest BCUT2D eigenvalue weighted by Gasteiger charge is -2.47. The zero-order chi connectivity index (χ0) is 20.2. The van der Waals surface area contributed by atoms with E-state index in [4.69, 9.17) is 20.2 Å². The predicted octanol–water partition coefficient (Wildman–Crippen LogP) is 3.81. The van der Waals surface area contributed by atoms with E-state index in [1.54, 1.807) is 13.3 Å². The highest BCUT2D eigenvalue weighted by molar-refractivity contribution is 5.76. The SMILES string of the molecule is CO[C@H]1CC[C@@]2(Cc3ccc(-c4cnccc4F)cc3[C@@]23COC(N)=N3)C[C@@H]1C. The first kappa shape index (κ1) is 18.6.